The Kier molecular flexibility index (Phi) is 7.91. The fourth-order valence-electron chi connectivity index (χ4n) is 3.65. The SMILES string of the molecule is CCCN1CCC(NC(=NCc2cnn(Cc3ccccc3)c2)NCC)CC1. The van der Waals surface area contributed by atoms with Crippen molar-refractivity contribution in [3.63, 3.8) is 0 Å². The summed E-state index contributed by atoms with van der Waals surface area (Å²) >= 11 is 0. The summed E-state index contributed by atoms with van der Waals surface area (Å²) in [5.41, 5.74) is 2.39. The second-order valence-corrected chi connectivity index (χ2v) is 7.49. The first-order valence-electron chi connectivity index (χ1n) is 10.6. The molecule has 2 aromatic rings. The van der Waals surface area contributed by atoms with Gasteiger partial charge in [0.25, 0.3) is 0 Å². The minimum Gasteiger partial charge on any atom is -0.357 e. The number of likely N-dealkylation sites (tertiary alicyclic amines) is 1. The lowest BCUT2D eigenvalue weighted by Gasteiger charge is -2.32. The van der Waals surface area contributed by atoms with Crippen LogP contribution in [0.1, 0.15) is 44.2 Å². The molecule has 3 rings (SSSR count). The molecular formula is C22H34N6. The van der Waals surface area contributed by atoms with E-state index in [0.717, 1.165) is 24.6 Å². The van der Waals surface area contributed by atoms with Crippen LogP contribution in [0.4, 0.5) is 0 Å². The van der Waals surface area contributed by atoms with Gasteiger partial charge in [-0.15, -0.1) is 0 Å². The van der Waals surface area contributed by atoms with Crippen molar-refractivity contribution in [2.75, 3.05) is 26.2 Å². The largest absolute Gasteiger partial charge is 0.357 e. The van der Waals surface area contributed by atoms with E-state index < -0.39 is 0 Å². The van der Waals surface area contributed by atoms with Crippen LogP contribution >= 0.6 is 0 Å². The van der Waals surface area contributed by atoms with E-state index in [2.05, 4.69) is 64.9 Å². The van der Waals surface area contributed by atoms with E-state index in [1.165, 1.54) is 44.5 Å². The quantitative estimate of drug-likeness (QED) is 0.544. The van der Waals surface area contributed by atoms with Gasteiger partial charge in [0.05, 0.1) is 19.3 Å². The summed E-state index contributed by atoms with van der Waals surface area (Å²) in [5.74, 6) is 0.909. The highest BCUT2D eigenvalue weighted by atomic mass is 15.3. The molecule has 0 atom stereocenters. The summed E-state index contributed by atoms with van der Waals surface area (Å²) < 4.78 is 1.98. The normalized spacial score (nSPS) is 16.3. The molecule has 0 aliphatic carbocycles. The van der Waals surface area contributed by atoms with E-state index in [1.807, 2.05) is 16.9 Å². The van der Waals surface area contributed by atoms with Crippen molar-refractivity contribution >= 4 is 5.96 Å². The lowest BCUT2D eigenvalue weighted by Crippen LogP contribution is -2.48. The Morgan fingerprint density at radius 2 is 1.93 bits per heavy atom. The van der Waals surface area contributed by atoms with Gasteiger partial charge in [0, 0.05) is 37.4 Å². The number of aliphatic imine (C=N–C) groups is 1. The molecule has 1 saturated heterocycles. The van der Waals surface area contributed by atoms with Crippen LogP contribution in [0.3, 0.4) is 0 Å². The van der Waals surface area contributed by atoms with Crippen LogP contribution in [0, 0.1) is 0 Å². The third kappa shape index (κ3) is 6.37. The molecule has 1 fully saturated rings. The summed E-state index contributed by atoms with van der Waals surface area (Å²) in [6.45, 7) is 10.2. The van der Waals surface area contributed by atoms with Crippen LogP contribution in [-0.4, -0.2) is 52.9 Å². The zero-order valence-corrected chi connectivity index (χ0v) is 17.3. The van der Waals surface area contributed by atoms with Gasteiger partial charge >= 0.3 is 0 Å². The van der Waals surface area contributed by atoms with Gasteiger partial charge in [-0.25, -0.2) is 4.99 Å². The highest BCUT2D eigenvalue weighted by molar-refractivity contribution is 5.80. The number of hydrogen-bond donors (Lipinski definition) is 2. The van der Waals surface area contributed by atoms with Crippen LogP contribution in [0.5, 0.6) is 0 Å². The van der Waals surface area contributed by atoms with Gasteiger partial charge < -0.3 is 15.5 Å². The van der Waals surface area contributed by atoms with Crippen molar-refractivity contribution in [3.05, 3.63) is 53.9 Å². The lowest BCUT2D eigenvalue weighted by molar-refractivity contribution is 0.206. The van der Waals surface area contributed by atoms with E-state index in [-0.39, 0.29) is 0 Å². The molecule has 2 heterocycles. The smallest absolute Gasteiger partial charge is 0.191 e. The first kappa shape index (κ1) is 20.4. The van der Waals surface area contributed by atoms with Crippen molar-refractivity contribution in [2.24, 2.45) is 4.99 Å². The number of nitrogens with one attached hydrogen (secondary N) is 2. The molecule has 0 radical (unpaired) electrons. The van der Waals surface area contributed by atoms with Crippen molar-refractivity contribution in [2.45, 2.75) is 52.2 Å². The summed E-state index contributed by atoms with van der Waals surface area (Å²) in [7, 11) is 0. The average Bonchev–Trinajstić information content (AvgIpc) is 3.16. The zero-order chi connectivity index (χ0) is 19.6. The van der Waals surface area contributed by atoms with Crippen molar-refractivity contribution < 1.29 is 0 Å². The van der Waals surface area contributed by atoms with Gasteiger partial charge in [0.2, 0.25) is 0 Å². The molecule has 0 unspecified atom stereocenters. The van der Waals surface area contributed by atoms with Crippen LogP contribution in [0.2, 0.25) is 0 Å². The minimum atomic E-state index is 0.506. The number of hydrogen-bond acceptors (Lipinski definition) is 3. The molecule has 1 aromatic heterocycles. The predicted octanol–water partition coefficient (Wildman–Crippen LogP) is 2.86. The van der Waals surface area contributed by atoms with E-state index in [1.54, 1.807) is 0 Å². The van der Waals surface area contributed by atoms with Crippen LogP contribution < -0.4 is 10.6 Å². The molecule has 1 aromatic carbocycles. The summed E-state index contributed by atoms with van der Waals surface area (Å²) in [6, 6.07) is 10.9. The van der Waals surface area contributed by atoms with Crippen molar-refractivity contribution in [3.8, 4) is 0 Å². The Bertz CT molecular complexity index is 716. The molecule has 1 aliphatic heterocycles. The maximum Gasteiger partial charge on any atom is 0.191 e. The van der Waals surface area contributed by atoms with Gasteiger partial charge in [-0.1, -0.05) is 37.3 Å². The predicted molar refractivity (Wildman–Crippen MR) is 115 cm³/mol. The van der Waals surface area contributed by atoms with E-state index >= 15 is 0 Å². The zero-order valence-electron chi connectivity index (χ0n) is 17.3. The van der Waals surface area contributed by atoms with Gasteiger partial charge in [-0.3, -0.25) is 4.68 Å². The molecule has 0 spiro atoms. The van der Waals surface area contributed by atoms with Crippen molar-refractivity contribution in [1.29, 1.82) is 0 Å². The Hall–Kier alpha value is -2.34. The van der Waals surface area contributed by atoms with Gasteiger partial charge in [0.15, 0.2) is 5.96 Å². The Morgan fingerprint density at radius 3 is 2.64 bits per heavy atom. The Morgan fingerprint density at radius 1 is 1.14 bits per heavy atom. The van der Waals surface area contributed by atoms with E-state index in [4.69, 9.17) is 4.99 Å². The molecule has 0 bridgehead atoms. The number of rotatable bonds is 8. The van der Waals surface area contributed by atoms with Crippen molar-refractivity contribution in [1.82, 2.24) is 25.3 Å². The second kappa shape index (κ2) is 10.9. The molecule has 6 nitrogen and oxygen atoms in total. The maximum absolute atomic E-state index is 4.78. The third-order valence-corrected chi connectivity index (χ3v) is 5.11. The standard InChI is InChI=1S/C22H34N6/c1-3-12-27-13-10-21(11-14-27)26-22(23-4-2)24-15-20-16-25-28(18-20)17-19-8-6-5-7-9-19/h5-9,16,18,21H,3-4,10-15,17H2,1-2H3,(H2,23,24,26). The molecule has 152 valence electrons. The monoisotopic (exact) mass is 382 g/mol. The van der Waals surface area contributed by atoms with Gasteiger partial charge in [-0.2, -0.15) is 5.10 Å². The second-order valence-electron chi connectivity index (χ2n) is 7.49. The number of piperidine rings is 1. The fourth-order valence-corrected chi connectivity index (χ4v) is 3.65. The topological polar surface area (TPSA) is 57.5 Å². The summed E-state index contributed by atoms with van der Waals surface area (Å²) in [4.78, 5) is 7.34. The van der Waals surface area contributed by atoms with E-state index in [0.29, 0.717) is 12.6 Å². The molecule has 0 amide bonds. The number of benzene rings is 1. The Labute approximate surface area is 169 Å². The van der Waals surface area contributed by atoms with Crippen LogP contribution in [0.15, 0.2) is 47.7 Å². The van der Waals surface area contributed by atoms with Gasteiger partial charge in [0.1, 0.15) is 0 Å². The molecule has 0 saturated carbocycles. The fraction of sp³-hybridized carbons (Fsp3) is 0.545. The molecular weight excluding hydrogens is 348 g/mol. The Balaban J connectivity index is 1.52. The lowest BCUT2D eigenvalue weighted by atomic mass is 10.1. The van der Waals surface area contributed by atoms with E-state index in [9.17, 15) is 0 Å². The highest BCUT2D eigenvalue weighted by Crippen LogP contribution is 2.11. The molecule has 6 heteroatoms. The van der Waals surface area contributed by atoms with Crippen LogP contribution in [0.25, 0.3) is 0 Å². The maximum atomic E-state index is 4.78. The summed E-state index contributed by atoms with van der Waals surface area (Å²) in [6.07, 6.45) is 7.60. The first-order chi connectivity index (χ1) is 13.8. The van der Waals surface area contributed by atoms with Gasteiger partial charge in [-0.05, 0) is 38.3 Å². The third-order valence-electron chi connectivity index (χ3n) is 5.11. The molecule has 28 heavy (non-hydrogen) atoms. The number of guanidine groups is 1. The number of aromatic nitrogens is 2. The first-order valence-corrected chi connectivity index (χ1v) is 10.6. The summed E-state index contributed by atoms with van der Waals surface area (Å²) in [5, 5.41) is 11.5. The average molecular weight is 383 g/mol. The minimum absolute atomic E-state index is 0.506. The number of nitrogens with zero attached hydrogens (tertiary/aromatic N) is 4. The van der Waals surface area contributed by atoms with Crippen LogP contribution in [-0.2, 0) is 13.1 Å². The highest BCUT2D eigenvalue weighted by Gasteiger charge is 2.19. The molecule has 1 aliphatic rings. The molecule has 2 N–H and O–H groups in total.